The van der Waals surface area contributed by atoms with E-state index in [-0.39, 0.29) is 5.91 Å². The van der Waals surface area contributed by atoms with Crippen LogP contribution in [-0.2, 0) is 12.8 Å². The zero-order valence-corrected chi connectivity index (χ0v) is 14.2. The highest BCUT2D eigenvalue weighted by atomic mass is 32.1. The van der Waals surface area contributed by atoms with Crippen molar-refractivity contribution in [1.82, 2.24) is 5.16 Å². The lowest BCUT2D eigenvalue weighted by Crippen LogP contribution is -2.19. The topological polar surface area (TPSA) is 98.2 Å². The van der Waals surface area contributed by atoms with Gasteiger partial charge in [0.05, 0.1) is 11.3 Å². The molecule has 0 aromatic carbocycles. The molecule has 1 aliphatic carbocycles. The minimum absolute atomic E-state index is 0.324. The van der Waals surface area contributed by atoms with Crippen LogP contribution in [0.4, 0.5) is 5.00 Å². The van der Waals surface area contributed by atoms with E-state index in [1.54, 1.807) is 13.8 Å². The fourth-order valence-electron chi connectivity index (χ4n) is 3.07. The van der Waals surface area contributed by atoms with Crippen LogP contribution < -0.4 is 11.1 Å². The standard InChI is InChI=1S/C16H19N3O3S/c1-7-4-5-10-11(6-7)23-16(13(10)14(17)20)18-15(21)12-8(2)19-22-9(12)3/h7H,4-6H2,1-3H3,(H2,17,20)(H,18,21)/t7-/m1/s1. The third-order valence-corrected chi connectivity index (χ3v) is 5.42. The summed E-state index contributed by atoms with van der Waals surface area (Å²) in [4.78, 5) is 25.5. The maximum absolute atomic E-state index is 12.5. The van der Waals surface area contributed by atoms with Crippen molar-refractivity contribution < 1.29 is 14.1 Å². The van der Waals surface area contributed by atoms with Crippen molar-refractivity contribution in [1.29, 1.82) is 0 Å². The molecule has 0 fully saturated rings. The number of anilines is 1. The van der Waals surface area contributed by atoms with Gasteiger partial charge in [0, 0.05) is 4.88 Å². The first-order valence-corrected chi connectivity index (χ1v) is 8.38. The molecule has 0 bridgehead atoms. The Morgan fingerprint density at radius 2 is 2.09 bits per heavy atom. The molecule has 1 aliphatic rings. The fourth-order valence-corrected chi connectivity index (χ4v) is 4.48. The van der Waals surface area contributed by atoms with E-state index in [0.29, 0.717) is 33.5 Å². The lowest BCUT2D eigenvalue weighted by Gasteiger charge is -2.18. The molecule has 2 amide bonds. The number of aromatic nitrogens is 1. The van der Waals surface area contributed by atoms with Crippen LogP contribution in [0.5, 0.6) is 0 Å². The molecule has 3 rings (SSSR count). The van der Waals surface area contributed by atoms with Crippen LogP contribution in [0.2, 0.25) is 0 Å². The van der Waals surface area contributed by atoms with Gasteiger partial charge in [0.2, 0.25) is 0 Å². The second-order valence-electron chi connectivity index (χ2n) is 6.07. The molecule has 0 aliphatic heterocycles. The number of primary amides is 1. The van der Waals surface area contributed by atoms with E-state index in [2.05, 4.69) is 17.4 Å². The molecule has 6 nitrogen and oxygen atoms in total. The van der Waals surface area contributed by atoms with Crippen LogP contribution in [0.3, 0.4) is 0 Å². The normalized spacial score (nSPS) is 16.9. The molecule has 23 heavy (non-hydrogen) atoms. The van der Waals surface area contributed by atoms with Crippen LogP contribution in [0.25, 0.3) is 0 Å². The molecule has 1 atom stereocenters. The number of nitrogens with two attached hydrogens (primary N) is 1. The smallest absolute Gasteiger partial charge is 0.261 e. The molecule has 0 spiro atoms. The van der Waals surface area contributed by atoms with Gasteiger partial charge in [-0.2, -0.15) is 0 Å². The van der Waals surface area contributed by atoms with E-state index in [4.69, 9.17) is 10.3 Å². The molecule has 3 N–H and O–H groups in total. The molecular formula is C16H19N3O3S. The number of thiophene rings is 1. The Morgan fingerprint density at radius 1 is 1.35 bits per heavy atom. The molecule has 7 heteroatoms. The Morgan fingerprint density at radius 3 is 2.70 bits per heavy atom. The summed E-state index contributed by atoms with van der Waals surface area (Å²) in [6.45, 7) is 5.58. The predicted molar refractivity (Wildman–Crippen MR) is 88.0 cm³/mol. The summed E-state index contributed by atoms with van der Waals surface area (Å²) in [7, 11) is 0. The first kappa shape index (κ1) is 15.7. The first-order valence-electron chi connectivity index (χ1n) is 7.57. The van der Waals surface area contributed by atoms with Crippen molar-refractivity contribution in [2.45, 2.75) is 40.0 Å². The SMILES string of the molecule is Cc1noc(C)c1C(=O)Nc1sc2c(c1C(N)=O)CC[C@@H](C)C2. The van der Waals surface area contributed by atoms with E-state index in [0.717, 1.165) is 29.7 Å². The fraction of sp³-hybridized carbons (Fsp3) is 0.438. The number of fused-ring (bicyclic) bond motifs is 1. The Hall–Kier alpha value is -2.15. The van der Waals surface area contributed by atoms with Crippen LogP contribution in [0.15, 0.2) is 4.52 Å². The number of carbonyl (C=O) groups excluding carboxylic acids is 2. The summed E-state index contributed by atoms with van der Waals surface area (Å²) in [5.41, 5.74) is 7.93. The number of nitrogens with one attached hydrogen (secondary N) is 1. The molecular weight excluding hydrogens is 314 g/mol. The minimum atomic E-state index is -0.494. The number of aryl methyl sites for hydroxylation is 2. The lowest BCUT2D eigenvalue weighted by atomic mass is 9.88. The third kappa shape index (κ3) is 2.76. The summed E-state index contributed by atoms with van der Waals surface area (Å²) < 4.78 is 5.03. The molecule has 0 saturated carbocycles. The summed E-state index contributed by atoms with van der Waals surface area (Å²) in [5.74, 6) is 0.213. The van der Waals surface area contributed by atoms with Gasteiger partial charge in [-0.3, -0.25) is 9.59 Å². The van der Waals surface area contributed by atoms with Gasteiger partial charge in [0.25, 0.3) is 11.8 Å². The van der Waals surface area contributed by atoms with E-state index in [9.17, 15) is 9.59 Å². The van der Waals surface area contributed by atoms with E-state index < -0.39 is 5.91 Å². The quantitative estimate of drug-likeness (QED) is 0.902. The van der Waals surface area contributed by atoms with E-state index in [1.165, 1.54) is 11.3 Å². The summed E-state index contributed by atoms with van der Waals surface area (Å²) in [6.07, 6.45) is 2.77. The van der Waals surface area contributed by atoms with Crippen molar-refractivity contribution in [3.05, 3.63) is 33.0 Å². The van der Waals surface area contributed by atoms with E-state index in [1.807, 2.05) is 0 Å². The minimum Gasteiger partial charge on any atom is -0.365 e. The van der Waals surface area contributed by atoms with Crippen LogP contribution in [0.1, 0.15) is 56.0 Å². The highest BCUT2D eigenvalue weighted by Crippen LogP contribution is 2.39. The number of nitrogens with zero attached hydrogens (tertiary/aromatic N) is 1. The number of carbonyl (C=O) groups is 2. The second kappa shape index (κ2) is 5.81. The summed E-state index contributed by atoms with van der Waals surface area (Å²) >= 11 is 1.45. The summed E-state index contributed by atoms with van der Waals surface area (Å²) in [5, 5.41) is 7.14. The van der Waals surface area contributed by atoms with Crippen molar-refractivity contribution in [2.75, 3.05) is 5.32 Å². The lowest BCUT2D eigenvalue weighted by molar-refractivity contribution is 0.1000. The number of hydrogen-bond acceptors (Lipinski definition) is 5. The average Bonchev–Trinajstić information content (AvgIpc) is 2.98. The average molecular weight is 333 g/mol. The Bertz CT molecular complexity index is 771. The van der Waals surface area contributed by atoms with Gasteiger partial charge < -0.3 is 15.6 Å². The monoisotopic (exact) mass is 333 g/mol. The van der Waals surface area contributed by atoms with Gasteiger partial charge in [0.15, 0.2) is 0 Å². The van der Waals surface area contributed by atoms with Crippen molar-refractivity contribution in [3.8, 4) is 0 Å². The molecule has 2 aromatic heterocycles. The van der Waals surface area contributed by atoms with Gasteiger partial charge in [-0.15, -0.1) is 11.3 Å². The molecule has 0 unspecified atom stereocenters. The van der Waals surface area contributed by atoms with Gasteiger partial charge in [-0.05, 0) is 44.6 Å². The molecule has 2 heterocycles. The molecule has 0 radical (unpaired) electrons. The van der Waals surface area contributed by atoms with Crippen LogP contribution in [-0.4, -0.2) is 17.0 Å². The number of amides is 2. The van der Waals surface area contributed by atoms with Gasteiger partial charge in [-0.25, -0.2) is 0 Å². The molecule has 122 valence electrons. The van der Waals surface area contributed by atoms with Gasteiger partial charge >= 0.3 is 0 Å². The van der Waals surface area contributed by atoms with Crippen molar-refractivity contribution >= 4 is 28.2 Å². The molecule has 0 saturated heterocycles. The number of hydrogen-bond donors (Lipinski definition) is 2. The van der Waals surface area contributed by atoms with Crippen LogP contribution in [0, 0.1) is 19.8 Å². The Labute approximate surface area is 138 Å². The van der Waals surface area contributed by atoms with Gasteiger partial charge in [-0.1, -0.05) is 12.1 Å². The summed E-state index contributed by atoms with van der Waals surface area (Å²) in [6, 6.07) is 0. The highest BCUT2D eigenvalue weighted by molar-refractivity contribution is 7.17. The molecule has 2 aromatic rings. The van der Waals surface area contributed by atoms with Gasteiger partial charge in [0.1, 0.15) is 16.3 Å². The highest BCUT2D eigenvalue weighted by Gasteiger charge is 2.28. The zero-order valence-electron chi connectivity index (χ0n) is 13.4. The van der Waals surface area contributed by atoms with E-state index >= 15 is 0 Å². The largest absolute Gasteiger partial charge is 0.365 e. The maximum Gasteiger partial charge on any atom is 0.261 e. The number of rotatable bonds is 3. The maximum atomic E-state index is 12.5. The predicted octanol–water partition coefficient (Wildman–Crippen LogP) is 2.83. The third-order valence-electron chi connectivity index (χ3n) is 4.25. The Balaban J connectivity index is 1.97. The van der Waals surface area contributed by atoms with Crippen molar-refractivity contribution in [3.63, 3.8) is 0 Å². The second-order valence-corrected chi connectivity index (χ2v) is 7.18. The van der Waals surface area contributed by atoms with Crippen molar-refractivity contribution in [2.24, 2.45) is 11.7 Å². The van der Waals surface area contributed by atoms with Crippen LogP contribution >= 0.6 is 11.3 Å². The Kier molecular flexibility index (Phi) is 3.97. The first-order chi connectivity index (χ1) is 10.9. The zero-order chi connectivity index (χ0) is 16.7.